The fourth-order valence-corrected chi connectivity index (χ4v) is 7.24. The van der Waals surface area contributed by atoms with Crippen LogP contribution in [0.2, 0.25) is 4.34 Å². The zero-order valence-electron chi connectivity index (χ0n) is 16.2. The quantitative estimate of drug-likeness (QED) is 0.354. The van der Waals surface area contributed by atoms with E-state index < -0.39 is 28.6 Å². The Labute approximate surface area is 193 Å². The van der Waals surface area contributed by atoms with E-state index >= 15 is 0 Å². The molecule has 162 valence electrons. The highest BCUT2D eigenvalue weighted by Crippen LogP contribution is 2.37. The molecule has 0 saturated carbocycles. The average molecular weight is 496 g/mol. The highest BCUT2D eigenvalue weighted by molar-refractivity contribution is 7.91. The maximum Gasteiger partial charge on any atom is 0.308 e. The highest BCUT2D eigenvalue weighted by Gasteiger charge is 2.38. The lowest BCUT2D eigenvalue weighted by Crippen LogP contribution is -2.41. The molecule has 2 aromatic heterocycles. The summed E-state index contributed by atoms with van der Waals surface area (Å²) in [7, 11) is -3.76. The van der Waals surface area contributed by atoms with Gasteiger partial charge in [-0.2, -0.15) is 4.31 Å². The third kappa shape index (κ3) is 4.75. The van der Waals surface area contributed by atoms with Crippen molar-refractivity contribution in [2.75, 3.05) is 13.2 Å². The van der Waals surface area contributed by atoms with Gasteiger partial charge in [-0.15, -0.1) is 22.7 Å². The first-order chi connectivity index (χ1) is 14.9. The Hall–Kier alpha value is -2.04. The Kier molecular flexibility index (Phi) is 6.59. The van der Waals surface area contributed by atoms with Gasteiger partial charge >= 0.3 is 5.97 Å². The maximum absolute atomic E-state index is 13.2. The van der Waals surface area contributed by atoms with Crippen LogP contribution < -0.4 is 0 Å². The molecule has 1 atom stereocenters. The summed E-state index contributed by atoms with van der Waals surface area (Å²) in [6.07, 6.45) is 0.379. The fourth-order valence-electron chi connectivity index (χ4n) is 3.55. The number of Topliss-reactive ketones (excluding diaryl/α,β-unsaturated/α-hetero) is 1. The van der Waals surface area contributed by atoms with Gasteiger partial charge in [-0.1, -0.05) is 41.9 Å². The molecule has 1 aliphatic heterocycles. The van der Waals surface area contributed by atoms with Crippen molar-refractivity contribution in [3.05, 3.63) is 74.3 Å². The molecular formula is C21H18ClNO5S3. The maximum atomic E-state index is 13.2. The number of esters is 1. The molecule has 6 nitrogen and oxygen atoms in total. The van der Waals surface area contributed by atoms with Crippen molar-refractivity contribution in [1.29, 1.82) is 0 Å². The number of rotatable bonds is 7. The number of fused-ring (bicyclic) bond motifs is 1. The van der Waals surface area contributed by atoms with Gasteiger partial charge in [-0.05, 0) is 41.1 Å². The number of benzene rings is 1. The lowest BCUT2D eigenvalue weighted by Gasteiger charge is -2.35. The van der Waals surface area contributed by atoms with E-state index in [2.05, 4.69) is 0 Å². The minimum absolute atomic E-state index is 0.180. The summed E-state index contributed by atoms with van der Waals surface area (Å²) in [6, 6.07) is 13.2. The zero-order valence-corrected chi connectivity index (χ0v) is 19.4. The van der Waals surface area contributed by atoms with Crippen LogP contribution in [0.15, 0.2) is 58.1 Å². The Bertz CT molecular complexity index is 1200. The summed E-state index contributed by atoms with van der Waals surface area (Å²) >= 11 is 8.10. The SMILES string of the molecule is O=C(C[C@H]1c2ccccc2CCN1S(=O)(=O)c1cccs1)OCC(=O)c1ccc(Cl)s1. The molecule has 0 fully saturated rings. The van der Waals surface area contributed by atoms with E-state index in [1.165, 1.54) is 4.31 Å². The van der Waals surface area contributed by atoms with Gasteiger partial charge in [0.15, 0.2) is 6.61 Å². The predicted molar refractivity (Wildman–Crippen MR) is 120 cm³/mol. The second-order valence-corrected chi connectivity index (χ2v) is 11.7. The summed E-state index contributed by atoms with van der Waals surface area (Å²) < 4.78 is 33.7. The topological polar surface area (TPSA) is 80.8 Å². The Balaban J connectivity index is 1.54. The standard InChI is InChI=1S/C21H18ClNO5S3/c22-19-8-7-18(30-19)17(24)13-28-20(25)12-16-15-5-2-1-4-14(15)9-10-23(16)31(26,27)21-6-3-11-29-21/h1-8,11,16H,9-10,12-13H2/t16-/m0/s1. The van der Waals surface area contributed by atoms with Gasteiger partial charge in [0.1, 0.15) is 4.21 Å². The Morgan fingerprint density at radius 3 is 2.65 bits per heavy atom. The first-order valence-corrected chi connectivity index (χ1v) is 12.9. The molecule has 0 unspecified atom stereocenters. The lowest BCUT2D eigenvalue weighted by atomic mass is 9.92. The number of hydrogen-bond acceptors (Lipinski definition) is 7. The van der Waals surface area contributed by atoms with Gasteiger partial charge in [0.2, 0.25) is 5.78 Å². The Morgan fingerprint density at radius 1 is 1.13 bits per heavy atom. The number of halogens is 1. The molecule has 0 N–H and O–H groups in total. The molecule has 1 aromatic carbocycles. The van der Waals surface area contributed by atoms with E-state index in [0.29, 0.717) is 15.6 Å². The van der Waals surface area contributed by atoms with Crippen molar-refractivity contribution in [1.82, 2.24) is 4.31 Å². The average Bonchev–Trinajstić information content (AvgIpc) is 3.44. The molecule has 10 heteroatoms. The summed E-state index contributed by atoms with van der Waals surface area (Å²) in [5, 5.41) is 1.70. The summed E-state index contributed by atoms with van der Waals surface area (Å²) in [5.41, 5.74) is 1.78. The summed E-state index contributed by atoms with van der Waals surface area (Å²) in [6.45, 7) is -0.149. The van der Waals surface area contributed by atoms with Gasteiger partial charge < -0.3 is 4.74 Å². The summed E-state index contributed by atoms with van der Waals surface area (Å²) in [5.74, 6) is -0.985. The monoisotopic (exact) mass is 495 g/mol. The molecule has 0 bridgehead atoms. The van der Waals surface area contributed by atoms with Crippen LogP contribution >= 0.6 is 34.3 Å². The van der Waals surface area contributed by atoms with E-state index in [1.807, 2.05) is 24.3 Å². The van der Waals surface area contributed by atoms with E-state index in [9.17, 15) is 18.0 Å². The molecule has 0 aliphatic carbocycles. The van der Waals surface area contributed by atoms with Crippen LogP contribution in [-0.4, -0.2) is 37.6 Å². The molecule has 3 heterocycles. The molecular weight excluding hydrogens is 478 g/mol. The van der Waals surface area contributed by atoms with Crippen LogP contribution in [0.1, 0.15) is 33.3 Å². The second kappa shape index (κ2) is 9.22. The largest absolute Gasteiger partial charge is 0.457 e. The number of carbonyl (C=O) groups is 2. The summed E-state index contributed by atoms with van der Waals surface area (Å²) in [4.78, 5) is 25.2. The number of ketones is 1. The first kappa shape index (κ1) is 22.2. The number of sulfonamides is 1. The minimum atomic E-state index is -3.76. The minimum Gasteiger partial charge on any atom is -0.457 e. The molecule has 0 saturated heterocycles. The van der Waals surface area contributed by atoms with E-state index in [1.54, 1.807) is 29.6 Å². The van der Waals surface area contributed by atoms with Crippen molar-refractivity contribution in [2.45, 2.75) is 23.1 Å². The van der Waals surface area contributed by atoms with Crippen molar-refractivity contribution < 1.29 is 22.7 Å². The molecule has 4 rings (SSSR count). The van der Waals surface area contributed by atoms with Gasteiger partial charge in [0.05, 0.1) is 21.7 Å². The Morgan fingerprint density at radius 2 is 1.94 bits per heavy atom. The zero-order chi connectivity index (χ0) is 22.0. The van der Waals surface area contributed by atoms with Crippen LogP contribution in [0.25, 0.3) is 0 Å². The third-order valence-corrected chi connectivity index (χ3v) is 9.55. The van der Waals surface area contributed by atoms with E-state index in [4.69, 9.17) is 16.3 Å². The molecule has 31 heavy (non-hydrogen) atoms. The first-order valence-electron chi connectivity index (χ1n) is 9.43. The van der Waals surface area contributed by atoms with Crippen LogP contribution in [0.5, 0.6) is 0 Å². The fraction of sp³-hybridized carbons (Fsp3) is 0.238. The van der Waals surface area contributed by atoms with Crippen molar-refractivity contribution in [3.8, 4) is 0 Å². The number of ether oxygens (including phenoxy) is 1. The van der Waals surface area contributed by atoms with E-state index in [0.717, 1.165) is 33.8 Å². The molecule has 0 amide bonds. The van der Waals surface area contributed by atoms with Gasteiger partial charge in [0, 0.05) is 6.54 Å². The molecule has 0 radical (unpaired) electrons. The molecule has 1 aliphatic rings. The predicted octanol–water partition coefficient (Wildman–Crippen LogP) is 4.57. The van der Waals surface area contributed by atoms with Crippen molar-refractivity contribution in [2.24, 2.45) is 0 Å². The van der Waals surface area contributed by atoms with Crippen molar-refractivity contribution >= 4 is 56.1 Å². The van der Waals surface area contributed by atoms with Gasteiger partial charge in [-0.25, -0.2) is 8.42 Å². The van der Waals surface area contributed by atoms with Crippen LogP contribution in [0.4, 0.5) is 0 Å². The molecule has 0 spiro atoms. The highest BCUT2D eigenvalue weighted by atomic mass is 35.5. The molecule has 3 aromatic rings. The van der Waals surface area contributed by atoms with Crippen LogP contribution in [0.3, 0.4) is 0 Å². The van der Waals surface area contributed by atoms with Crippen LogP contribution in [-0.2, 0) is 26.0 Å². The van der Waals surface area contributed by atoms with Crippen molar-refractivity contribution in [3.63, 3.8) is 0 Å². The van der Waals surface area contributed by atoms with E-state index in [-0.39, 0.29) is 23.0 Å². The number of thiophene rings is 2. The van der Waals surface area contributed by atoms with Gasteiger partial charge in [-0.3, -0.25) is 9.59 Å². The lowest BCUT2D eigenvalue weighted by molar-refractivity contribution is -0.143. The number of hydrogen-bond donors (Lipinski definition) is 0. The smallest absolute Gasteiger partial charge is 0.308 e. The number of carbonyl (C=O) groups excluding carboxylic acids is 2. The number of nitrogens with zero attached hydrogens (tertiary/aromatic N) is 1. The normalized spacial score (nSPS) is 16.6. The van der Waals surface area contributed by atoms with Crippen LogP contribution in [0, 0.1) is 0 Å². The van der Waals surface area contributed by atoms with Gasteiger partial charge in [0.25, 0.3) is 10.0 Å². The third-order valence-electron chi connectivity index (χ3n) is 4.99. The second-order valence-electron chi connectivity index (χ2n) is 6.90.